The molecule has 0 aliphatic heterocycles. The molecule has 7 nitrogen and oxygen atoms in total. The van der Waals surface area contributed by atoms with Gasteiger partial charge in [0.25, 0.3) is 5.91 Å². The van der Waals surface area contributed by atoms with E-state index in [9.17, 15) is 4.79 Å². The molecule has 1 amide bonds. The molecule has 5 N–H and O–H groups in total. The van der Waals surface area contributed by atoms with Crippen molar-refractivity contribution in [2.45, 2.75) is 52.7 Å². The lowest BCUT2D eigenvalue weighted by atomic mass is 10.1. The third-order valence-corrected chi connectivity index (χ3v) is 4.71. The first-order chi connectivity index (χ1) is 15.0. The zero-order valence-corrected chi connectivity index (χ0v) is 18.5. The smallest absolute Gasteiger partial charge is 0.271 e. The summed E-state index contributed by atoms with van der Waals surface area (Å²) >= 11 is 0. The number of hydrazone groups is 1. The van der Waals surface area contributed by atoms with Crippen molar-refractivity contribution in [3.8, 4) is 0 Å². The number of nitrogens with one attached hydrogen (secondary N) is 1. The van der Waals surface area contributed by atoms with Crippen molar-refractivity contribution in [1.82, 2.24) is 5.43 Å². The van der Waals surface area contributed by atoms with Gasteiger partial charge < -0.3 is 20.9 Å². The summed E-state index contributed by atoms with van der Waals surface area (Å²) in [5.41, 5.74) is 18.6. The quantitative estimate of drug-likeness (QED) is 0.192. The number of carbonyl (C=O) groups excluding carboxylic acids is 1. The highest BCUT2D eigenvalue weighted by atomic mass is 16.5. The van der Waals surface area contributed by atoms with Crippen molar-refractivity contribution in [2.75, 3.05) is 24.7 Å². The zero-order valence-electron chi connectivity index (χ0n) is 18.5. The summed E-state index contributed by atoms with van der Waals surface area (Å²) in [6.45, 7) is 6.33. The van der Waals surface area contributed by atoms with Crippen LogP contribution < -0.4 is 16.9 Å². The Bertz CT molecular complexity index is 868. The molecule has 0 unspecified atom stereocenters. The number of nitrogen functional groups attached to an aromatic ring is 2. The number of hydrogen-bond acceptors (Lipinski definition) is 6. The van der Waals surface area contributed by atoms with E-state index in [1.165, 1.54) is 0 Å². The van der Waals surface area contributed by atoms with Crippen molar-refractivity contribution in [3.63, 3.8) is 0 Å². The molecule has 168 valence electrons. The maximum absolute atomic E-state index is 12.7. The molecule has 0 atom stereocenters. The molecule has 2 aromatic rings. The van der Waals surface area contributed by atoms with E-state index in [2.05, 4.69) is 24.4 Å². The second-order valence-electron chi connectivity index (χ2n) is 7.39. The van der Waals surface area contributed by atoms with E-state index in [4.69, 9.17) is 20.9 Å². The Balaban J connectivity index is 2.04. The standard InChI is InChI=1S/C24H34N4O3/c1-3-5-11-30-16-19-13-21(25)8-7-18(19)15-27-28-24(29)23-10-9-22(26)14-20(23)17-31-12-6-4-2/h7-10,13-15H,3-6,11-12,16-17,25-26H2,1-2H3,(H,28,29)/b27-15+. The van der Waals surface area contributed by atoms with Crippen LogP contribution in [0, 0.1) is 0 Å². The summed E-state index contributed by atoms with van der Waals surface area (Å²) in [6.07, 6.45) is 5.71. The second-order valence-corrected chi connectivity index (χ2v) is 7.39. The van der Waals surface area contributed by atoms with Gasteiger partial charge >= 0.3 is 0 Å². The average Bonchev–Trinajstić information content (AvgIpc) is 2.75. The Hall–Kier alpha value is -2.90. The van der Waals surface area contributed by atoms with E-state index in [-0.39, 0.29) is 5.91 Å². The molecule has 0 bridgehead atoms. The normalized spacial score (nSPS) is 11.2. The van der Waals surface area contributed by atoms with E-state index < -0.39 is 0 Å². The number of carbonyl (C=O) groups is 1. The molecule has 31 heavy (non-hydrogen) atoms. The number of ether oxygens (including phenoxy) is 2. The monoisotopic (exact) mass is 426 g/mol. The molecule has 0 heterocycles. The highest BCUT2D eigenvalue weighted by Crippen LogP contribution is 2.16. The minimum atomic E-state index is -0.318. The highest BCUT2D eigenvalue weighted by molar-refractivity contribution is 5.96. The molecule has 2 aromatic carbocycles. The van der Waals surface area contributed by atoms with E-state index in [0.29, 0.717) is 43.4 Å². The fraction of sp³-hybridized carbons (Fsp3) is 0.417. The van der Waals surface area contributed by atoms with Crippen LogP contribution >= 0.6 is 0 Å². The fourth-order valence-electron chi connectivity index (χ4n) is 2.91. The lowest BCUT2D eigenvalue weighted by molar-refractivity contribution is 0.0939. The number of anilines is 2. The molecule has 0 aliphatic carbocycles. The van der Waals surface area contributed by atoms with Crippen molar-refractivity contribution >= 4 is 23.5 Å². The summed E-state index contributed by atoms with van der Waals surface area (Å²) in [7, 11) is 0. The van der Waals surface area contributed by atoms with Gasteiger partial charge in [0.05, 0.1) is 19.4 Å². The third-order valence-electron chi connectivity index (χ3n) is 4.71. The summed E-state index contributed by atoms with van der Waals surface area (Å²) in [6, 6.07) is 10.7. The molecule has 0 spiro atoms. The maximum Gasteiger partial charge on any atom is 0.271 e. The van der Waals surface area contributed by atoms with Crippen LogP contribution in [0.3, 0.4) is 0 Å². The fourth-order valence-corrected chi connectivity index (χ4v) is 2.91. The van der Waals surface area contributed by atoms with Crippen LogP contribution in [0.25, 0.3) is 0 Å². The van der Waals surface area contributed by atoms with Gasteiger partial charge in [-0.3, -0.25) is 4.79 Å². The largest absolute Gasteiger partial charge is 0.399 e. The van der Waals surface area contributed by atoms with Gasteiger partial charge in [-0.1, -0.05) is 32.8 Å². The van der Waals surface area contributed by atoms with Crippen LogP contribution in [-0.4, -0.2) is 25.3 Å². The molecular weight excluding hydrogens is 392 g/mol. The van der Waals surface area contributed by atoms with Crippen LogP contribution in [0.5, 0.6) is 0 Å². The Morgan fingerprint density at radius 1 is 0.935 bits per heavy atom. The predicted molar refractivity (Wildman–Crippen MR) is 126 cm³/mol. The number of amides is 1. The predicted octanol–water partition coefficient (Wildman–Crippen LogP) is 4.25. The number of rotatable bonds is 13. The van der Waals surface area contributed by atoms with Crippen LogP contribution in [-0.2, 0) is 22.7 Å². The molecule has 0 radical (unpaired) electrons. The van der Waals surface area contributed by atoms with E-state index >= 15 is 0 Å². The van der Waals surface area contributed by atoms with Gasteiger partial charge in [-0.15, -0.1) is 0 Å². The molecule has 7 heteroatoms. The Labute approximate surface area is 184 Å². The van der Waals surface area contributed by atoms with Crippen LogP contribution in [0.4, 0.5) is 11.4 Å². The number of nitrogens with two attached hydrogens (primary N) is 2. The molecule has 0 saturated heterocycles. The lowest BCUT2D eigenvalue weighted by Gasteiger charge is -2.10. The van der Waals surface area contributed by atoms with Gasteiger partial charge in [0, 0.05) is 35.7 Å². The van der Waals surface area contributed by atoms with Gasteiger partial charge in [0.1, 0.15) is 0 Å². The highest BCUT2D eigenvalue weighted by Gasteiger charge is 2.12. The molecule has 2 rings (SSSR count). The molecule has 0 saturated carbocycles. The van der Waals surface area contributed by atoms with Gasteiger partial charge in [-0.05, 0) is 54.3 Å². The summed E-state index contributed by atoms with van der Waals surface area (Å²) in [4.78, 5) is 12.7. The molecular formula is C24H34N4O3. The SMILES string of the molecule is CCCCOCc1cc(N)ccc1/C=N/NC(=O)c1ccc(N)cc1COCCCC. The first-order valence-corrected chi connectivity index (χ1v) is 10.8. The van der Waals surface area contributed by atoms with Crippen molar-refractivity contribution in [2.24, 2.45) is 5.10 Å². The van der Waals surface area contributed by atoms with Crippen molar-refractivity contribution in [3.05, 3.63) is 58.7 Å². The summed E-state index contributed by atoms with van der Waals surface area (Å²) < 4.78 is 11.4. The molecule has 0 fully saturated rings. The maximum atomic E-state index is 12.7. The van der Waals surface area contributed by atoms with Gasteiger partial charge in [-0.25, -0.2) is 5.43 Å². The van der Waals surface area contributed by atoms with Crippen LogP contribution in [0.15, 0.2) is 41.5 Å². The van der Waals surface area contributed by atoms with Gasteiger partial charge in [0.2, 0.25) is 0 Å². The van der Waals surface area contributed by atoms with Crippen LogP contribution in [0.2, 0.25) is 0 Å². The number of benzene rings is 2. The Kier molecular flexibility index (Phi) is 10.5. The first kappa shape index (κ1) is 24.4. The van der Waals surface area contributed by atoms with Gasteiger partial charge in [0.15, 0.2) is 0 Å². The minimum absolute atomic E-state index is 0.318. The second kappa shape index (κ2) is 13.4. The molecule has 0 aliphatic rings. The van der Waals surface area contributed by atoms with E-state index in [1.807, 2.05) is 12.1 Å². The zero-order chi connectivity index (χ0) is 22.5. The number of hydrogen-bond donors (Lipinski definition) is 3. The Morgan fingerprint density at radius 2 is 1.52 bits per heavy atom. The summed E-state index contributed by atoms with van der Waals surface area (Å²) in [5.74, 6) is -0.318. The van der Waals surface area contributed by atoms with Crippen molar-refractivity contribution in [1.29, 1.82) is 0 Å². The number of unbranched alkanes of at least 4 members (excludes halogenated alkanes) is 2. The minimum Gasteiger partial charge on any atom is -0.399 e. The topological polar surface area (TPSA) is 112 Å². The Morgan fingerprint density at radius 3 is 2.16 bits per heavy atom. The molecule has 0 aromatic heterocycles. The van der Waals surface area contributed by atoms with E-state index in [1.54, 1.807) is 30.5 Å². The lowest BCUT2D eigenvalue weighted by Crippen LogP contribution is -2.20. The summed E-state index contributed by atoms with van der Waals surface area (Å²) in [5, 5.41) is 4.13. The third kappa shape index (κ3) is 8.39. The number of nitrogens with zero attached hydrogens (tertiary/aromatic N) is 1. The van der Waals surface area contributed by atoms with Gasteiger partial charge in [-0.2, -0.15) is 5.10 Å². The van der Waals surface area contributed by atoms with E-state index in [0.717, 1.165) is 42.4 Å². The average molecular weight is 427 g/mol. The van der Waals surface area contributed by atoms with Crippen LogP contribution in [0.1, 0.15) is 66.6 Å². The van der Waals surface area contributed by atoms with Crippen molar-refractivity contribution < 1.29 is 14.3 Å². The first-order valence-electron chi connectivity index (χ1n) is 10.8.